The Hall–Kier alpha value is -1.43. The fourth-order valence-corrected chi connectivity index (χ4v) is 6.42. The molecule has 3 rings (SSSR count). The zero-order valence-electron chi connectivity index (χ0n) is 12.6. The first-order chi connectivity index (χ1) is 11.5. The van der Waals surface area contributed by atoms with Gasteiger partial charge in [-0.1, -0.05) is 5.57 Å². The molecule has 122 valence electrons. The van der Waals surface area contributed by atoms with Gasteiger partial charge in [0.1, 0.15) is 0 Å². The smallest absolute Gasteiger partial charge is 0.195 e. The first-order valence-electron chi connectivity index (χ1n) is 7.64. The van der Waals surface area contributed by atoms with E-state index in [2.05, 4.69) is 0 Å². The summed E-state index contributed by atoms with van der Waals surface area (Å²) in [4.78, 5) is 0. The van der Waals surface area contributed by atoms with Crippen LogP contribution in [0.2, 0.25) is 0 Å². The van der Waals surface area contributed by atoms with Gasteiger partial charge in [0.25, 0.3) is 0 Å². The number of alkyl halides is 3. The minimum atomic E-state index is -1.88. The normalized spacial score (nSPS) is 37.7. The van der Waals surface area contributed by atoms with E-state index in [1.165, 1.54) is 0 Å². The maximum absolute atomic E-state index is 9.69. The van der Waals surface area contributed by atoms with Gasteiger partial charge in [0, 0.05) is 18.2 Å². The number of allylic oxidation sites excluding steroid dienone is 2. The van der Waals surface area contributed by atoms with Gasteiger partial charge in [0.05, 0.1) is 29.7 Å². The minimum Gasteiger partial charge on any atom is -0.196 e. The van der Waals surface area contributed by atoms with Crippen LogP contribution in [0.3, 0.4) is 0 Å². The molecule has 0 spiro atoms. The Morgan fingerprint density at radius 2 is 1.46 bits per heavy atom. The molecule has 0 aliphatic heterocycles. The number of nitriles is 4. The average molecular weight is 380 g/mol. The van der Waals surface area contributed by atoms with Crippen molar-refractivity contribution < 1.29 is 0 Å². The Morgan fingerprint density at radius 1 is 0.917 bits per heavy atom. The van der Waals surface area contributed by atoms with Crippen LogP contribution < -0.4 is 0 Å². The second kappa shape index (κ2) is 5.83. The molecule has 3 aliphatic rings. The zero-order chi connectivity index (χ0) is 17.7. The Labute approximate surface area is 155 Å². The van der Waals surface area contributed by atoms with Crippen LogP contribution in [-0.2, 0) is 0 Å². The second-order valence-corrected chi connectivity index (χ2v) is 7.82. The van der Waals surface area contributed by atoms with E-state index < -0.39 is 16.2 Å². The van der Waals surface area contributed by atoms with Crippen molar-refractivity contribution in [3.8, 4) is 24.3 Å². The number of rotatable bonds is 2. The molecule has 24 heavy (non-hydrogen) atoms. The molecule has 2 bridgehead atoms. The molecule has 0 N–H and O–H groups in total. The van der Waals surface area contributed by atoms with E-state index in [4.69, 9.17) is 34.8 Å². The van der Waals surface area contributed by atoms with E-state index in [9.17, 15) is 21.0 Å². The van der Waals surface area contributed by atoms with E-state index in [0.717, 1.165) is 17.6 Å². The van der Waals surface area contributed by atoms with Crippen molar-refractivity contribution in [2.75, 3.05) is 11.8 Å². The molecular formula is C17H13Cl3N4. The Kier molecular flexibility index (Phi) is 4.22. The second-order valence-electron chi connectivity index (χ2n) is 6.77. The van der Waals surface area contributed by atoms with Crippen molar-refractivity contribution in [3.05, 3.63) is 11.1 Å². The average Bonchev–Trinajstić information content (AvgIpc) is 3.16. The molecular weight excluding hydrogens is 367 g/mol. The van der Waals surface area contributed by atoms with Gasteiger partial charge in [-0.15, -0.1) is 34.8 Å². The van der Waals surface area contributed by atoms with Gasteiger partial charge < -0.3 is 0 Å². The fraction of sp³-hybridized carbons (Fsp3) is 0.647. The van der Waals surface area contributed by atoms with E-state index >= 15 is 0 Å². The predicted molar refractivity (Wildman–Crippen MR) is 88.6 cm³/mol. The summed E-state index contributed by atoms with van der Waals surface area (Å²) in [6, 6.07) is 7.69. The Bertz CT molecular complexity index is 748. The number of hydrogen-bond donors (Lipinski definition) is 0. The van der Waals surface area contributed by atoms with Gasteiger partial charge >= 0.3 is 0 Å². The van der Waals surface area contributed by atoms with Crippen molar-refractivity contribution in [2.24, 2.45) is 34.5 Å². The summed E-state index contributed by atoms with van der Waals surface area (Å²) in [7, 11) is 0. The lowest BCUT2D eigenvalue weighted by atomic mass is 9.54. The summed E-state index contributed by atoms with van der Waals surface area (Å²) in [5, 5.41) is 37.7. The Morgan fingerprint density at radius 3 is 1.92 bits per heavy atom. The van der Waals surface area contributed by atoms with Gasteiger partial charge in [-0.25, -0.2) is 0 Å². The van der Waals surface area contributed by atoms with Crippen LogP contribution in [0.1, 0.15) is 12.8 Å². The Balaban J connectivity index is 2.21. The van der Waals surface area contributed by atoms with Gasteiger partial charge in [0.2, 0.25) is 0 Å². The highest BCUT2D eigenvalue weighted by Gasteiger charge is 2.67. The van der Waals surface area contributed by atoms with Crippen molar-refractivity contribution in [2.45, 2.75) is 18.2 Å². The standard InChI is InChI=1S/C17H13Cl3N4/c18-3-12-9-1-10(13(12)4-19)14-11(9)2-16(5-21,6-22)17(7-23,8-24)15(14)20/h9-10,12-13,15H,1-4H2/t9-,10-,12-,13+,15+/m1/s1. The molecule has 1 fully saturated rings. The monoisotopic (exact) mass is 378 g/mol. The largest absolute Gasteiger partial charge is 0.196 e. The molecule has 0 saturated heterocycles. The van der Waals surface area contributed by atoms with Crippen LogP contribution in [0.5, 0.6) is 0 Å². The summed E-state index contributed by atoms with van der Waals surface area (Å²) >= 11 is 18.9. The number of halogens is 3. The molecule has 0 aromatic carbocycles. The third kappa shape index (κ3) is 1.78. The van der Waals surface area contributed by atoms with Gasteiger partial charge in [-0.05, 0) is 35.7 Å². The lowest BCUT2D eigenvalue weighted by Gasteiger charge is -2.45. The summed E-state index contributed by atoms with van der Waals surface area (Å²) < 4.78 is 0. The molecule has 0 heterocycles. The van der Waals surface area contributed by atoms with Crippen molar-refractivity contribution in [1.82, 2.24) is 0 Å². The summed E-state index contributed by atoms with van der Waals surface area (Å²) in [5.41, 5.74) is -1.83. The summed E-state index contributed by atoms with van der Waals surface area (Å²) in [6.07, 6.45) is 0.909. The maximum Gasteiger partial charge on any atom is 0.195 e. The summed E-state index contributed by atoms with van der Waals surface area (Å²) in [5.74, 6) is 1.43. The third-order valence-electron chi connectivity index (χ3n) is 6.18. The quantitative estimate of drug-likeness (QED) is 0.539. The van der Waals surface area contributed by atoms with Crippen molar-refractivity contribution in [3.63, 3.8) is 0 Å². The first-order valence-corrected chi connectivity index (χ1v) is 9.15. The molecule has 7 heteroatoms. The van der Waals surface area contributed by atoms with Gasteiger partial charge in [-0.2, -0.15) is 21.0 Å². The van der Waals surface area contributed by atoms with Crippen LogP contribution in [0, 0.1) is 79.8 Å². The molecule has 0 radical (unpaired) electrons. The number of hydrogen-bond acceptors (Lipinski definition) is 4. The van der Waals surface area contributed by atoms with E-state index in [-0.39, 0.29) is 30.1 Å². The van der Waals surface area contributed by atoms with Crippen molar-refractivity contribution >= 4 is 34.8 Å². The zero-order valence-corrected chi connectivity index (χ0v) is 14.9. The SMILES string of the molecule is N#CC1(C#N)CC2=C([C@@H]3C[C@H]2[C@@H](CCl)[C@H]3CCl)[C@H](Cl)C1(C#N)C#N. The van der Waals surface area contributed by atoms with Crippen LogP contribution >= 0.6 is 34.8 Å². The lowest BCUT2D eigenvalue weighted by Crippen LogP contribution is -2.51. The highest BCUT2D eigenvalue weighted by Crippen LogP contribution is 2.66. The van der Waals surface area contributed by atoms with Crippen molar-refractivity contribution in [1.29, 1.82) is 21.0 Å². The van der Waals surface area contributed by atoms with Crippen LogP contribution in [0.25, 0.3) is 0 Å². The highest BCUT2D eigenvalue weighted by molar-refractivity contribution is 6.24. The molecule has 5 atom stereocenters. The molecule has 0 aromatic heterocycles. The van der Waals surface area contributed by atoms with E-state index in [1.807, 2.05) is 24.3 Å². The molecule has 1 saturated carbocycles. The minimum absolute atomic E-state index is 0.0743. The molecule has 4 nitrogen and oxygen atoms in total. The van der Waals surface area contributed by atoms with E-state index in [1.54, 1.807) is 0 Å². The third-order valence-corrected chi connectivity index (χ3v) is 7.46. The molecule has 0 aromatic rings. The van der Waals surface area contributed by atoms with E-state index in [0.29, 0.717) is 11.8 Å². The maximum atomic E-state index is 9.69. The molecule has 0 unspecified atom stereocenters. The summed E-state index contributed by atoms with van der Waals surface area (Å²) in [6.45, 7) is 0. The highest BCUT2D eigenvalue weighted by atomic mass is 35.5. The predicted octanol–water partition coefficient (Wildman–Crippen LogP) is 3.72. The first kappa shape index (κ1) is 17.4. The number of nitrogens with zero attached hydrogens (tertiary/aromatic N) is 4. The topological polar surface area (TPSA) is 95.2 Å². The van der Waals surface area contributed by atoms with Gasteiger partial charge in [-0.3, -0.25) is 0 Å². The fourth-order valence-electron chi connectivity index (χ4n) is 4.94. The molecule has 0 amide bonds. The van der Waals surface area contributed by atoms with Crippen LogP contribution in [-0.4, -0.2) is 17.1 Å². The lowest BCUT2D eigenvalue weighted by molar-refractivity contribution is 0.234. The van der Waals surface area contributed by atoms with Crippen LogP contribution in [0.4, 0.5) is 0 Å². The molecule has 3 aliphatic carbocycles. The van der Waals surface area contributed by atoms with Gasteiger partial charge in [0.15, 0.2) is 10.8 Å². The number of fused-ring (bicyclic) bond motifs is 4. The van der Waals surface area contributed by atoms with Crippen LogP contribution in [0.15, 0.2) is 11.1 Å².